The average Bonchev–Trinajstić information content (AvgIpc) is 2.61. The van der Waals surface area contributed by atoms with Gasteiger partial charge < -0.3 is 5.32 Å². The minimum Gasteiger partial charge on any atom is -0.355 e. The van der Waals surface area contributed by atoms with Crippen LogP contribution < -0.4 is 5.32 Å². The second-order valence-electron chi connectivity index (χ2n) is 6.29. The SMILES string of the molecule is CCCCCNC(=O)CN1CCN(S(=O)(=O)c2cccc(Cl)c2Cl)CC1. The first-order valence-corrected chi connectivity index (χ1v) is 11.0. The highest BCUT2D eigenvalue weighted by atomic mass is 35.5. The van der Waals surface area contributed by atoms with Crippen LogP contribution in [0, 0.1) is 0 Å². The zero-order chi connectivity index (χ0) is 19.2. The highest BCUT2D eigenvalue weighted by Gasteiger charge is 2.31. The molecule has 0 aliphatic carbocycles. The lowest BCUT2D eigenvalue weighted by atomic mass is 10.2. The summed E-state index contributed by atoms with van der Waals surface area (Å²) in [5.74, 6) is -0.0182. The Kier molecular flexibility index (Phi) is 8.16. The Hall–Kier alpha value is -0.860. The van der Waals surface area contributed by atoms with E-state index in [0.29, 0.717) is 32.7 Å². The zero-order valence-electron chi connectivity index (χ0n) is 14.9. The van der Waals surface area contributed by atoms with Gasteiger partial charge in [0.15, 0.2) is 0 Å². The minimum absolute atomic E-state index is 0.0182. The maximum atomic E-state index is 12.8. The van der Waals surface area contributed by atoms with Crippen LogP contribution in [0.15, 0.2) is 23.1 Å². The molecular weight excluding hydrogens is 397 g/mol. The smallest absolute Gasteiger partial charge is 0.244 e. The van der Waals surface area contributed by atoms with Gasteiger partial charge in [-0.25, -0.2) is 8.42 Å². The second-order valence-corrected chi connectivity index (χ2v) is 8.98. The van der Waals surface area contributed by atoms with Gasteiger partial charge in [-0.1, -0.05) is 49.0 Å². The number of hydrogen-bond acceptors (Lipinski definition) is 4. The molecule has 2 rings (SSSR count). The van der Waals surface area contributed by atoms with Gasteiger partial charge in [0.1, 0.15) is 4.90 Å². The van der Waals surface area contributed by atoms with Gasteiger partial charge in [0, 0.05) is 32.7 Å². The molecule has 0 spiro atoms. The summed E-state index contributed by atoms with van der Waals surface area (Å²) >= 11 is 12.0. The Balaban J connectivity index is 1.87. The van der Waals surface area contributed by atoms with Crippen molar-refractivity contribution in [2.75, 3.05) is 39.3 Å². The number of carbonyl (C=O) groups excluding carboxylic acids is 1. The fourth-order valence-electron chi connectivity index (χ4n) is 2.81. The molecule has 0 radical (unpaired) electrons. The maximum absolute atomic E-state index is 12.8. The standard InChI is InChI=1S/C17H25Cl2N3O3S/c1-2-3-4-8-20-16(23)13-21-9-11-22(12-10-21)26(24,25)15-7-5-6-14(18)17(15)19/h5-7H,2-4,8-13H2,1H3,(H,20,23). The van der Waals surface area contributed by atoms with Gasteiger partial charge in [0.25, 0.3) is 0 Å². The highest BCUT2D eigenvalue weighted by Crippen LogP contribution is 2.31. The van der Waals surface area contributed by atoms with E-state index in [0.717, 1.165) is 19.3 Å². The number of benzene rings is 1. The molecule has 1 saturated heterocycles. The Morgan fingerprint density at radius 2 is 1.85 bits per heavy atom. The summed E-state index contributed by atoms with van der Waals surface area (Å²) in [4.78, 5) is 13.9. The second kappa shape index (κ2) is 9.90. The largest absolute Gasteiger partial charge is 0.355 e. The fourth-order valence-corrected chi connectivity index (χ4v) is 4.97. The molecule has 1 heterocycles. The number of carbonyl (C=O) groups is 1. The molecule has 1 N–H and O–H groups in total. The van der Waals surface area contributed by atoms with E-state index < -0.39 is 10.0 Å². The molecule has 1 aromatic carbocycles. The van der Waals surface area contributed by atoms with Crippen molar-refractivity contribution in [3.63, 3.8) is 0 Å². The van der Waals surface area contributed by atoms with E-state index in [1.165, 1.54) is 10.4 Å². The molecule has 9 heteroatoms. The van der Waals surface area contributed by atoms with Crippen molar-refractivity contribution in [1.29, 1.82) is 0 Å². The van der Waals surface area contributed by atoms with Crippen molar-refractivity contribution in [3.05, 3.63) is 28.2 Å². The molecule has 0 aromatic heterocycles. The molecule has 0 atom stereocenters. The summed E-state index contributed by atoms with van der Waals surface area (Å²) in [7, 11) is -3.70. The number of amides is 1. The third kappa shape index (κ3) is 5.57. The van der Waals surface area contributed by atoms with E-state index in [9.17, 15) is 13.2 Å². The molecule has 1 fully saturated rings. The van der Waals surface area contributed by atoms with Crippen molar-refractivity contribution < 1.29 is 13.2 Å². The third-order valence-corrected chi connectivity index (χ3v) is 7.21. The van der Waals surface area contributed by atoms with Crippen LogP contribution in [-0.2, 0) is 14.8 Å². The van der Waals surface area contributed by atoms with E-state index in [2.05, 4.69) is 12.2 Å². The maximum Gasteiger partial charge on any atom is 0.244 e. The van der Waals surface area contributed by atoms with Gasteiger partial charge in [-0.15, -0.1) is 0 Å². The summed E-state index contributed by atoms with van der Waals surface area (Å²) in [6.45, 7) is 4.72. The van der Waals surface area contributed by atoms with Gasteiger partial charge in [0.05, 0.1) is 16.6 Å². The van der Waals surface area contributed by atoms with Crippen LogP contribution in [0.25, 0.3) is 0 Å². The third-order valence-electron chi connectivity index (χ3n) is 4.33. The number of sulfonamides is 1. The summed E-state index contributed by atoms with van der Waals surface area (Å²) < 4.78 is 26.9. The number of halogens is 2. The number of nitrogens with zero attached hydrogens (tertiary/aromatic N) is 2. The monoisotopic (exact) mass is 421 g/mol. The Morgan fingerprint density at radius 3 is 2.50 bits per heavy atom. The number of piperazine rings is 1. The molecule has 0 unspecified atom stereocenters. The zero-order valence-corrected chi connectivity index (χ0v) is 17.2. The number of unbranched alkanes of at least 4 members (excludes halogenated alkanes) is 2. The molecule has 0 bridgehead atoms. The van der Waals surface area contributed by atoms with Crippen molar-refractivity contribution in [1.82, 2.24) is 14.5 Å². The first-order chi connectivity index (χ1) is 12.4. The molecule has 1 aromatic rings. The van der Waals surface area contributed by atoms with Crippen LogP contribution in [0.2, 0.25) is 10.0 Å². The van der Waals surface area contributed by atoms with E-state index in [1.807, 2.05) is 4.90 Å². The van der Waals surface area contributed by atoms with Gasteiger partial charge in [-0.05, 0) is 18.6 Å². The minimum atomic E-state index is -3.70. The highest BCUT2D eigenvalue weighted by molar-refractivity contribution is 7.89. The summed E-state index contributed by atoms with van der Waals surface area (Å²) in [6, 6.07) is 4.58. The van der Waals surface area contributed by atoms with Crippen LogP contribution in [0.5, 0.6) is 0 Å². The molecule has 1 aliphatic heterocycles. The lowest BCUT2D eigenvalue weighted by molar-refractivity contribution is -0.122. The molecule has 6 nitrogen and oxygen atoms in total. The molecule has 1 aliphatic rings. The van der Waals surface area contributed by atoms with Crippen LogP contribution in [0.4, 0.5) is 0 Å². The molecule has 1 amide bonds. The molecule has 146 valence electrons. The first-order valence-electron chi connectivity index (χ1n) is 8.79. The van der Waals surface area contributed by atoms with E-state index in [-0.39, 0.29) is 27.4 Å². The summed E-state index contributed by atoms with van der Waals surface area (Å²) in [5.41, 5.74) is 0. The lowest BCUT2D eigenvalue weighted by Gasteiger charge is -2.33. The van der Waals surface area contributed by atoms with E-state index >= 15 is 0 Å². The topological polar surface area (TPSA) is 69.7 Å². The van der Waals surface area contributed by atoms with E-state index in [1.54, 1.807) is 12.1 Å². The number of rotatable bonds is 8. The van der Waals surface area contributed by atoms with Crippen LogP contribution in [-0.4, -0.2) is 62.8 Å². The van der Waals surface area contributed by atoms with Crippen molar-refractivity contribution in [2.45, 2.75) is 31.1 Å². The van der Waals surface area contributed by atoms with Crippen LogP contribution in [0.1, 0.15) is 26.2 Å². The Labute approximate surface area is 165 Å². The number of nitrogens with one attached hydrogen (secondary N) is 1. The molecule has 26 heavy (non-hydrogen) atoms. The van der Waals surface area contributed by atoms with Gasteiger partial charge >= 0.3 is 0 Å². The normalized spacial score (nSPS) is 16.6. The molecular formula is C17H25Cl2N3O3S. The predicted molar refractivity (Wildman–Crippen MR) is 104 cm³/mol. The summed E-state index contributed by atoms with van der Waals surface area (Å²) in [5, 5.41) is 3.16. The molecule has 0 saturated carbocycles. The van der Waals surface area contributed by atoms with Crippen molar-refractivity contribution >= 4 is 39.1 Å². The van der Waals surface area contributed by atoms with Crippen molar-refractivity contribution in [3.8, 4) is 0 Å². The number of hydrogen-bond donors (Lipinski definition) is 1. The lowest BCUT2D eigenvalue weighted by Crippen LogP contribution is -2.51. The van der Waals surface area contributed by atoms with Crippen LogP contribution >= 0.6 is 23.2 Å². The Bertz CT molecular complexity index is 720. The predicted octanol–water partition coefficient (Wildman–Crippen LogP) is 2.61. The first kappa shape index (κ1) is 21.4. The quantitative estimate of drug-likeness (QED) is 0.654. The average molecular weight is 422 g/mol. The van der Waals surface area contributed by atoms with E-state index in [4.69, 9.17) is 23.2 Å². The van der Waals surface area contributed by atoms with Crippen molar-refractivity contribution in [2.24, 2.45) is 0 Å². The van der Waals surface area contributed by atoms with Gasteiger partial charge in [-0.3, -0.25) is 9.69 Å². The Morgan fingerprint density at radius 1 is 1.15 bits per heavy atom. The van der Waals surface area contributed by atoms with Gasteiger partial charge in [-0.2, -0.15) is 4.31 Å². The fraction of sp³-hybridized carbons (Fsp3) is 0.588. The van der Waals surface area contributed by atoms with Gasteiger partial charge in [0.2, 0.25) is 15.9 Å². The summed E-state index contributed by atoms with van der Waals surface area (Å²) in [6.07, 6.45) is 3.19. The van der Waals surface area contributed by atoms with Crippen LogP contribution in [0.3, 0.4) is 0 Å².